The van der Waals surface area contributed by atoms with Crippen molar-refractivity contribution in [3.63, 3.8) is 0 Å². The molecule has 88 valence electrons. The van der Waals surface area contributed by atoms with Crippen LogP contribution in [-0.2, 0) is 14.8 Å². The zero-order valence-corrected chi connectivity index (χ0v) is 9.68. The molecule has 1 fully saturated rings. The van der Waals surface area contributed by atoms with Crippen molar-refractivity contribution in [2.24, 2.45) is 0 Å². The summed E-state index contributed by atoms with van der Waals surface area (Å²) >= 11 is 0.889. The van der Waals surface area contributed by atoms with Crippen molar-refractivity contribution in [2.45, 2.75) is 10.3 Å². The molecule has 2 heterocycles. The van der Waals surface area contributed by atoms with Crippen LogP contribution < -0.4 is 4.72 Å². The van der Waals surface area contributed by atoms with Crippen molar-refractivity contribution < 1.29 is 23.1 Å². The van der Waals surface area contributed by atoms with Gasteiger partial charge in [-0.25, -0.2) is 17.9 Å². The smallest absolute Gasteiger partial charge is 0.336 e. The first-order valence-corrected chi connectivity index (χ1v) is 6.77. The van der Waals surface area contributed by atoms with Gasteiger partial charge >= 0.3 is 5.97 Å². The van der Waals surface area contributed by atoms with Crippen molar-refractivity contribution >= 4 is 27.3 Å². The highest BCUT2D eigenvalue weighted by Gasteiger charge is 2.27. The number of nitrogens with one attached hydrogen (secondary N) is 1. The maximum atomic E-state index is 11.7. The van der Waals surface area contributed by atoms with Crippen LogP contribution in [0, 0.1) is 0 Å². The Morgan fingerprint density at radius 1 is 1.56 bits per heavy atom. The Bertz CT molecular complexity index is 502. The summed E-state index contributed by atoms with van der Waals surface area (Å²) in [6.07, 6.45) is 0. The van der Waals surface area contributed by atoms with Gasteiger partial charge in [-0.2, -0.15) is 0 Å². The van der Waals surface area contributed by atoms with Crippen molar-refractivity contribution in [1.82, 2.24) is 4.72 Å². The standard InChI is InChI=1S/C8H9NO5S2/c10-8(11)5-1-7(15-4-5)16(12,13)9-6-2-14-3-6/h1,4,6,9H,2-3H2,(H,10,11). The lowest BCUT2D eigenvalue weighted by atomic mass is 10.3. The van der Waals surface area contributed by atoms with Crippen molar-refractivity contribution in [3.05, 3.63) is 17.0 Å². The number of carbonyl (C=O) groups is 1. The lowest BCUT2D eigenvalue weighted by molar-refractivity contribution is 0.00484. The SMILES string of the molecule is O=C(O)c1csc(S(=O)(=O)NC2COC2)c1. The minimum absolute atomic E-state index is 0.0109. The predicted molar refractivity (Wildman–Crippen MR) is 56.2 cm³/mol. The fraction of sp³-hybridized carbons (Fsp3) is 0.375. The minimum atomic E-state index is -3.61. The third-order valence-corrected chi connectivity index (χ3v) is 5.01. The highest BCUT2D eigenvalue weighted by molar-refractivity contribution is 7.91. The van der Waals surface area contributed by atoms with Gasteiger partial charge in [-0.1, -0.05) is 0 Å². The van der Waals surface area contributed by atoms with Crippen molar-refractivity contribution in [2.75, 3.05) is 13.2 Å². The lowest BCUT2D eigenvalue weighted by Crippen LogP contribution is -2.48. The van der Waals surface area contributed by atoms with Crippen LogP contribution in [0.5, 0.6) is 0 Å². The molecule has 2 rings (SSSR count). The molecule has 0 unspecified atom stereocenters. The third kappa shape index (κ3) is 2.24. The van der Waals surface area contributed by atoms with Gasteiger partial charge in [0.05, 0.1) is 24.8 Å². The van der Waals surface area contributed by atoms with E-state index in [9.17, 15) is 13.2 Å². The van der Waals surface area contributed by atoms with Crippen LogP contribution in [0.2, 0.25) is 0 Å². The summed E-state index contributed by atoms with van der Waals surface area (Å²) in [6.45, 7) is 0.715. The van der Waals surface area contributed by atoms with Crippen LogP contribution in [0.15, 0.2) is 15.7 Å². The fourth-order valence-corrected chi connectivity index (χ4v) is 3.53. The average molecular weight is 263 g/mol. The number of carboxylic acid groups (broad SMARTS) is 1. The molecule has 0 radical (unpaired) electrons. The molecule has 0 atom stereocenters. The zero-order valence-electron chi connectivity index (χ0n) is 8.04. The average Bonchev–Trinajstić information content (AvgIpc) is 2.61. The van der Waals surface area contributed by atoms with Crippen LogP contribution in [0.1, 0.15) is 10.4 Å². The summed E-state index contributed by atoms with van der Waals surface area (Å²) in [6, 6.07) is 0.940. The molecule has 1 aromatic rings. The number of hydrogen-bond acceptors (Lipinski definition) is 5. The molecule has 0 aromatic carbocycles. The molecule has 0 spiro atoms. The maximum Gasteiger partial charge on any atom is 0.336 e. The Balaban J connectivity index is 2.17. The Morgan fingerprint density at radius 3 is 2.69 bits per heavy atom. The normalized spacial score (nSPS) is 17.0. The molecule has 8 heteroatoms. The molecule has 0 amide bonds. The van der Waals surface area contributed by atoms with Gasteiger partial charge in [0.15, 0.2) is 0 Å². The second kappa shape index (κ2) is 4.13. The molecule has 0 saturated carbocycles. The van der Waals surface area contributed by atoms with Gasteiger partial charge in [0, 0.05) is 5.38 Å². The number of ether oxygens (including phenoxy) is 1. The number of carboxylic acids is 1. The van der Waals surface area contributed by atoms with Crippen molar-refractivity contribution in [3.8, 4) is 0 Å². The van der Waals surface area contributed by atoms with E-state index in [-0.39, 0.29) is 15.8 Å². The van der Waals surface area contributed by atoms with Gasteiger partial charge in [0.2, 0.25) is 10.0 Å². The van der Waals surface area contributed by atoms with Crippen LogP contribution >= 0.6 is 11.3 Å². The number of thiophene rings is 1. The quantitative estimate of drug-likeness (QED) is 0.805. The number of aromatic carboxylic acids is 1. The van der Waals surface area contributed by atoms with E-state index in [0.717, 1.165) is 17.4 Å². The second-order valence-corrected chi connectivity index (χ2v) is 6.17. The first kappa shape index (κ1) is 11.5. The Morgan fingerprint density at radius 2 is 2.25 bits per heavy atom. The maximum absolute atomic E-state index is 11.7. The molecule has 1 aromatic heterocycles. The first-order chi connectivity index (χ1) is 7.49. The van der Waals surface area contributed by atoms with E-state index in [1.165, 1.54) is 5.38 Å². The van der Waals surface area contributed by atoms with Crippen LogP contribution in [0.4, 0.5) is 0 Å². The largest absolute Gasteiger partial charge is 0.478 e. The Kier molecular flexibility index (Phi) is 2.98. The lowest BCUT2D eigenvalue weighted by Gasteiger charge is -2.26. The van der Waals surface area contributed by atoms with Crippen LogP contribution in [0.25, 0.3) is 0 Å². The highest BCUT2D eigenvalue weighted by atomic mass is 32.2. The summed E-state index contributed by atoms with van der Waals surface area (Å²) in [4.78, 5) is 10.6. The highest BCUT2D eigenvalue weighted by Crippen LogP contribution is 2.21. The van der Waals surface area contributed by atoms with Gasteiger partial charge in [0.25, 0.3) is 0 Å². The van der Waals surface area contributed by atoms with E-state index in [4.69, 9.17) is 9.84 Å². The molecular weight excluding hydrogens is 254 g/mol. The number of rotatable bonds is 4. The molecule has 0 aliphatic carbocycles. The Labute approximate surface area is 95.9 Å². The van der Waals surface area contributed by atoms with Crippen molar-refractivity contribution in [1.29, 1.82) is 0 Å². The van der Waals surface area contributed by atoms with E-state index < -0.39 is 16.0 Å². The predicted octanol–water partition coefficient (Wildman–Crippen LogP) is 0.123. The van der Waals surface area contributed by atoms with Gasteiger partial charge in [0.1, 0.15) is 4.21 Å². The van der Waals surface area contributed by atoms with Gasteiger partial charge in [-0.3, -0.25) is 0 Å². The molecular formula is C8H9NO5S2. The second-order valence-electron chi connectivity index (χ2n) is 3.32. The molecule has 1 aliphatic rings. The summed E-state index contributed by atoms with van der Waals surface area (Å²) in [5.74, 6) is -1.13. The van der Waals surface area contributed by atoms with Gasteiger partial charge < -0.3 is 9.84 Å². The first-order valence-electron chi connectivity index (χ1n) is 4.41. The Hall–Kier alpha value is -0.960. The topological polar surface area (TPSA) is 92.7 Å². The summed E-state index contributed by atoms with van der Waals surface area (Å²) < 4.78 is 30.7. The monoisotopic (exact) mass is 263 g/mol. The van der Waals surface area contributed by atoms with Crippen LogP contribution in [0.3, 0.4) is 0 Å². The van der Waals surface area contributed by atoms with Gasteiger partial charge in [-0.05, 0) is 6.07 Å². The molecule has 0 bridgehead atoms. The minimum Gasteiger partial charge on any atom is -0.478 e. The zero-order chi connectivity index (χ0) is 11.8. The number of hydrogen-bond donors (Lipinski definition) is 2. The fourth-order valence-electron chi connectivity index (χ4n) is 1.15. The molecule has 2 N–H and O–H groups in total. The molecule has 1 aliphatic heterocycles. The number of sulfonamides is 1. The third-order valence-electron chi connectivity index (χ3n) is 2.05. The molecule has 6 nitrogen and oxygen atoms in total. The van der Waals surface area contributed by atoms with E-state index in [1.807, 2.05) is 0 Å². The van der Waals surface area contributed by atoms with Crippen LogP contribution in [-0.4, -0.2) is 38.7 Å². The summed E-state index contributed by atoms with van der Waals surface area (Å²) in [5.41, 5.74) is -0.0183. The molecule has 1 saturated heterocycles. The summed E-state index contributed by atoms with van der Waals surface area (Å²) in [5, 5.41) is 9.97. The summed E-state index contributed by atoms with van der Waals surface area (Å²) in [7, 11) is -3.61. The van der Waals surface area contributed by atoms with Gasteiger partial charge in [-0.15, -0.1) is 11.3 Å². The van der Waals surface area contributed by atoms with E-state index in [2.05, 4.69) is 4.72 Å². The van der Waals surface area contributed by atoms with E-state index in [1.54, 1.807) is 0 Å². The van der Waals surface area contributed by atoms with E-state index >= 15 is 0 Å². The molecule has 16 heavy (non-hydrogen) atoms. The van der Waals surface area contributed by atoms with E-state index in [0.29, 0.717) is 13.2 Å².